The molecule has 0 saturated heterocycles. The maximum Gasteiger partial charge on any atom is 0.261 e. The van der Waals surface area contributed by atoms with Gasteiger partial charge < -0.3 is 14.7 Å². The van der Waals surface area contributed by atoms with Crippen LogP contribution in [0.4, 0.5) is 5.69 Å². The molecular weight excluding hydrogens is 552 g/mol. The molecule has 0 aliphatic carbocycles. The number of anilines is 1. The van der Waals surface area contributed by atoms with Gasteiger partial charge in [-0.25, -0.2) is 8.42 Å². The van der Waals surface area contributed by atoms with Gasteiger partial charge in [0.1, 0.15) is 11.9 Å². The minimum atomic E-state index is -3.88. The van der Waals surface area contributed by atoms with E-state index >= 15 is 0 Å². The van der Waals surface area contributed by atoms with Gasteiger partial charge in [-0.3, -0.25) is 19.4 Å². The Hall–Kier alpha value is -3.18. The molecule has 0 bridgehead atoms. The zero-order chi connectivity index (χ0) is 28.9. The van der Waals surface area contributed by atoms with Crippen molar-refractivity contribution >= 4 is 33.2 Å². The van der Waals surface area contributed by atoms with E-state index in [4.69, 9.17) is 16.3 Å². The lowest BCUT2D eigenvalue weighted by atomic mass is 10.0. The van der Waals surface area contributed by atoms with Crippen LogP contribution in [0.2, 0.25) is 5.02 Å². The third kappa shape index (κ3) is 7.51. The molecule has 0 spiro atoms. The molecule has 3 aromatic rings. The molecule has 1 aromatic heterocycles. The summed E-state index contributed by atoms with van der Waals surface area (Å²) in [6.07, 6.45) is 3.25. The third-order valence-corrected chi connectivity index (χ3v) is 8.64. The normalized spacial score (nSPS) is 18.8. The lowest BCUT2D eigenvalue weighted by molar-refractivity contribution is -0.134. The van der Waals surface area contributed by atoms with Crippen LogP contribution in [0, 0.1) is 5.92 Å². The van der Waals surface area contributed by atoms with E-state index in [-0.39, 0.29) is 41.9 Å². The lowest BCUT2D eigenvalue weighted by Crippen LogP contribution is -2.47. The van der Waals surface area contributed by atoms with Crippen molar-refractivity contribution in [1.82, 2.24) is 14.8 Å². The Bertz CT molecular complexity index is 1410. The van der Waals surface area contributed by atoms with Gasteiger partial charge in [0, 0.05) is 54.2 Å². The highest BCUT2D eigenvalue weighted by molar-refractivity contribution is 7.92. The number of likely N-dealkylation sites (N-methyl/N-ethyl adjacent to an activating group) is 1. The van der Waals surface area contributed by atoms with Gasteiger partial charge in [-0.2, -0.15) is 0 Å². The fraction of sp³-hybridized carbons (Fsp3) is 0.379. The van der Waals surface area contributed by atoms with Crippen LogP contribution in [-0.4, -0.2) is 73.1 Å². The summed E-state index contributed by atoms with van der Waals surface area (Å²) >= 11 is 5.91. The number of carbonyl (C=O) groups excluding carboxylic acids is 1. The number of halogens is 1. The van der Waals surface area contributed by atoms with Crippen LogP contribution < -0.4 is 9.46 Å². The molecule has 40 heavy (non-hydrogen) atoms. The molecule has 2 heterocycles. The van der Waals surface area contributed by atoms with Crippen LogP contribution in [0.3, 0.4) is 0 Å². The van der Waals surface area contributed by atoms with Crippen molar-refractivity contribution in [2.75, 3.05) is 31.5 Å². The number of hydrogen-bond acceptors (Lipinski definition) is 7. The Morgan fingerprint density at radius 2 is 1.88 bits per heavy atom. The lowest BCUT2D eigenvalue weighted by Gasteiger charge is -2.34. The first-order chi connectivity index (χ1) is 19.1. The number of ether oxygens (including phenoxy) is 1. The van der Waals surface area contributed by atoms with E-state index in [1.807, 2.05) is 33.0 Å². The molecule has 9 nitrogen and oxygen atoms in total. The molecule has 11 heteroatoms. The number of nitrogens with one attached hydrogen (secondary N) is 1. The van der Waals surface area contributed by atoms with Crippen molar-refractivity contribution in [3.63, 3.8) is 0 Å². The number of amides is 1. The van der Waals surface area contributed by atoms with Crippen LogP contribution in [0.25, 0.3) is 0 Å². The van der Waals surface area contributed by atoms with Crippen LogP contribution in [0.5, 0.6) is 5.75 Å². The number of aliphatic hydroxyl groups is 1. The maximum absolute atomic E-state index is 13.4. The van der Waals surface area contributed by atoms with Crippen LogP contribution in [-0.2, 0) is 27.8 Å². The van der Waals surface area contributed by atoms with E-state index in [0.29, 0.717) is 41.7 Å². The molecule has 0 saturated carbocycles. The number of rotatable bonds is 9. The highest BCUT2D eigenvalue weighted by atomic mass is 35.5. The molecule has 2 N–H and O–H groups in total. The van der Waals surface area contributed by atoms with E-state index < -0.39 is 10.0 Å². The van der Waals surface area contributed by atoms with Crippen molar-refractivity contribution in [3.05, 3.63) is 83.1 Å². The molecule has 3 atom stereocenters. The molecule has 0 unspecified atom stereocenters. The van der Waals surface area contributed by atoms with Gasteiger partial charge in [-0.1, -0.05) is 18.5 Å². The molecular formula is C29H35ClN4O5S. The fourth-order valence-corrected chi connectivity index (χ4v) is 5.89. The molecule has 0 fully saturated rings. The summed E-state index contributed by atoms with van der Waals surface area (Å²) in [4.78, 5) is 21.4. The second-order valence-electron chi connectivity index (χ2n) is 10.3. The smallest absolute Gasteiger partial charge is 0.261 e. The van der Waals surface area contributed by atoms with Crippen LogP contribution in [0.1, 0.15) is 25.0 Å². The van der Waals surface area contributed by atoms with Gasteiger partial charge in [0.05, 0.1) is 24.0 Å². The van der Waals surface area contributed by atoms with E-state index in [0.717, 1.165) is 5.56 Å². The molecule has 214 valence electrons. The van der Waals surface area contributed by atoms with Crippen molar-refractivity contribution in [1.29, 1.82) is 0 Å². The van der Waals surface area contributed by atoms with Crippen molar-refractivity contribution in [2.45, 2.75) is 43.9 Å². The summed E-state index contributed by atoms with van der Waals surface area (Å²) in [5.74, 6) is 0.309. The average molecular weight is 587 g/mol. The minimum absolute atomic E-state index is 0.00246. The minimum Gasteiger partial charge on any atom is -0.488 e. The van der Waals surface area contributed by atoms with E-state index in [1.54, 1.807) is 35.5 Å². The number of aliphatic hydroxyl groups excluding tert-OH is 1. The third-order valence-electron chi connectivity index (χ3n) is 6.99. The molecule has 1 amide bonds. The zero-order valence-corrected chi connectivity index (χ0v) is 24.4. The van der Waals surface area contributed by atoms with Crippen LogP contribution in [0.15, 0.2) is 71.9 Å². The monoisotopic (exact) mass is 586 g/mol. The number of aromatic nitrogens is 1. The first-order valence-electron chi connectivity index (χ1n) is 13.1. The van der Waals surface area contributed by atoms with Gasteiger partial charge >= 0.3 is 0 Å². The summed E-state index contributed by atoms with van der Waals surface area (Å²) in [6.45, 7) is 5.38. The summed E-state index contributed by atoms with van der Waals surface area (Å²) < 4.78 is 35.1. The number of carbonyl (C=O) groups is 1. The Labute approximate surface area is 240 Å². The Kier molecular flexibility index (Phi) is 9.68. The number of nitrogens with zero attached hydrogens (tertiary/aromatic N) is 3. The molecule has 4 rings (SSSR count). The van der Waals surface area contributed by atoms with Crippen molar-refractivity contribution in [2.24, 2.45) is 5.92 Å². The molecule has 1 aliphatic heterocycles. The highest BCUT2D eigenvalue weighted by Gasteiger charge is 2.31. The Morgan fingerprint density at radius 1 is 1.18 bits per heavy atom. The summed E-state index contributed by atoms with van der Waals surface area (Å²) in [6, 6.07) is 14.4. The first kappa shape index (κ1) is 29.8. The SMILES string of the molecule is C[C@@H]1CN([C@@H](C)CO)C(=O)Cc2cc(NS(=O)(=O)c3ccc(Cl)cc3)ccc2O[C@H]1CN(C)Cc1ccncc1. The predicted octanol–water partition coefficient (Wildman–Crippen LogP) is 3.82. The van der Waals surface area contributed by atoms with Crippen LogP contribution >= 0.6 is 11.6 Å². The average Bonchev–Trinajstić information content (AvgIpc) is 2.96. The molecule has 1 aliphatic rings. The quantitative estimate of drug-likeness (QED) is 0.392. The van der Waals surface area contributed by atoms with Crippen molar-refractivity contribution < 1.29 is 23.1 Å². The largest absolute Gasteiger partial charge is 0.488 e. The maximum atomic E-state index is 13.4. The number of hydrogen-bond donors (Lipinski definition) is 2. The van der Waals surface area contributed by atoms with E-state index in [9.17, 15) is 18.3 Å². The van der Waals surface area contributed by atoms with Gasteiger partial charge in [-0.05, 0) is 74.1 Å². The van der Waals surface area contributed by atoms with Gasteiger partial charge in [0.15, 0.2) is 0 Å². The fourth-order valence-electron chi connectivity index (χ4n) is 4.71. The number of fused-ring (bicyclic) bond motifs is 1. The topological polar surface area (TPSA) is 112 Å². The zero-order valence-electron chi connectivity index (χ0n) is 22.8. The van der Waals surface area contributed by atoms with Gasteiger partial charge in [0.25, 0.3) is 10.0 Å². The summed E-state index contributed by atoms with van der Waals surface area (Å²) in [5, 5.41) is 10.3. The predicted molar refractivity (Wildman–Crippen MR) is 155 cm³/mol. The number of sulfonamides is 1. The Balaban J connectivity index is 1.63. The molecule has 0 radical (unpaired) electrons. The second-order valence-corrected chi connectivity index (χ2v) is 12.4. The van der Waals surface area contributed by atoms with Gasteiger partial charge in [0.2, 0.25) is 5.91 Å². The first-order valence-corrected chi connectivity index (χ1v) is 15.0. The molecule has 2 aromatic carbocycles. The highest BCUT2D eigenvalue weighted by Crippen LogP contribution is 2.30. The second kappa shape index (κ2) is 13.0. The standard InChI is InChI=1S/C29H35ClN4O5S/c1-20-16-34(21(2)19-35)29(36)15-23-14-25(32-40(37,38)26-7-4-24(30)5-8-26)6-9-27(23)39-28(20)18-33(3)17-22-10-12-31-13-11-22/h4-14,20-21,28,32,35H,15-19H2,1-3H3/t20-,21+,28+/m1/s1. The summed E-state index contributed by atoms with van der Waals surface area (Å²) in [7, 11) is -1.86. The number of pyridine rings is 1. The number of benzene rings is 2. The summed E-state index contributed by atoms with van der Waals surface area (Å²) in [5.41, 5.74) is 2.00. The van der Waals surface area contributed by atoms with Gasteiger partial charge in [-0.15, -0.1) is 0 Å². The van der Waals surface area contributed by atoms with Crippen molar-refractivity contribution in [3.8, 4) is 5.75 Å². The van der Waals surface area contributed by atoms with E-state index in [2.05, 4.69) is 14.6 Å². The Morgan fingerprint density at radius 3 is 2.55 bits per heavy atom. The van der Waals surface area contributed by atoms with E-state index in [1.165, 1.54) is 24.3 Å².